The van der Waals surface area contributed by atoms with Gasteiger partial charge in [-0.25, -0.2) is 14.4 Å². The lowest BCUT2D eigenvalue weighted by Crippen LogP contribution is -2.51. The Hall–Kier alpha value is -6.72. The fraction of sp³-hybridized carbons (Fsp3) is 0.311. The number of nitrogens with one attached hydrogen (secondary N) is 4. The monoisotopic (exact) mass is 869 g/mol. The number of nitrogens with two attached hydrogens (primary N) is 1. The van der Waals surface area contributed by atoms with Crippen LogP contribution >= 0.6 is 11.8 Å². The summed E-state index contributed by atoms with van der Waals surface area (Å²) in [5.74, 6) is -4.66. The first kappa shape index (κ1) is 48.0. The third kappa shape index (κ3) is 18.3. The highest BCUT2D eigenvalue weighted by atomic mass is 32.2. The average Bonchev–Trinajstić information content (AvgIpc) is 3.29. The molecule has 0 bridgehead atoms. The number of ether oxygens (including phenoxy) is 4. The molecule has 0 unspecified atom stereocenters. The molecule has 0 heterocycles. The summed E-state index contributed by atoms with van der Waals surface area (Å²) in [6.07, 6.45) is -1.45. The van der Waals surface area contributed by atoms with Gasteiger partial charge in [-0.1, -0.05) is 121 Å². The van der Waals surface area contributed by atoms with Crippen LogP contribution in [0.15, 0.2) is 121 Å². The number of hydrogen-bond acceptors (Lipinski definition) is 13. The second-order valence-corrected chi connectivity index (χ2v) is 14.9. The van der Waals surface area contributed by atoms with Crippen LogP contribution in [0.4, 0.5) is 4.79 Å². The molecule has 4 atom stereocenters. The predicted molar refractivity (Wildman–Crippen MR) is 229 cm³/mol. The van der Waals surface area contributed by atoms with Gasteiger partial charge < -0.3 is 45.9 Å². The molecule has 0 fully saturated rings. The number of alkyl carbamates (subject to hydrolysis) is 1. The minimum absolute atomic E-state index is 0.0253. The topological polar surface area (TPSA) is 231 Å². The minimum Gasteiger partial charge on any atom is -0.460 e. The molecule has 0 aromatic heterocycles. The van der Waals surface area contributed by atoms with E-state index >= 15 is 0 Å². The third-order valence-electron chi connectivity index (χ3n) is 8.78. The fourth-order valence-corrected chi connectivity index (χ4v) is 6.45. The van der Waals surface area contributed by atoms with Gasteiger partial charge in [-0.2, -0.15) is 11.8 Å². The molecule has 0 radical (unpaired) electrons. The van der Waals surface area contributed by atoms with Crippen molar-refractivity contribution in [1.29, 1.82) is 0 Å². The lowest BCUT2D eigenvalue weighted by Gasteiger charge is -2.22. The molecule has 6 N–H and O–H groups in total. The molecule has 4 rings (SSSR count). The van der Waals surface area contributed by atoms with Gasteiger partial charge in [0.05, 0.1) is 6.04 Å². The number of hydrogen-bond donors (Lipinski definition) is 5. The molecule has 0 aliphatic heterocycles. The first-order valence-electron chi connectivity index (χ1n) is 19.8. The largest absolute Gasteiger partial charge is 0.460 e. The smallest absolute Gasteiger partial charge is 0.408 e. The molecule has 4 amide bonds. The molecule has 0 aliphatic carbocycles. The molecular weight excluding hydrogens is 819 g/mol. The average molecular weight is 870 g/mol. The quantitative estimate of drug-likeness (QED) is 0.0503. The van der Waals surface area contributed by atoms with Crippen molar-refractivity contribution in [1.82, 2.24) is 21.3 Å². The zero-order valence-electron chi connectivity index (χ0n) is 34.2. The van der Waals surface area contributed by atoms with Crippen molar-refractivity contribution in [2.24, 2.45) is 5.73 Å². The van der Waals surface area contributed by atoms with Gasteiger partial charge >= 0.3 is 24.0 Å². The van der Waals surface area contributed by atoms with E-state index in [4.69, 9.17) is 24.7 Å². The summed E-state index contributed by atoms with van der Waals surface area (Å²) in [7, 11) is 0. The lowest BCUT2D eigenvalue weighted by molar-refractivity contribution is -0.149. The van der Waals surface area contributed by atoms with Crippen LogP contribution in [-0.2, 0) is 74.1 Å². The summed E-state index contributed by atoms with van der Waals surface area (Å²) in [6, 6.07) is 30.9. The summed E-state index contributed by atoms with van der Waals surface area (Å²) < 4.78 is 21.5. The molecule has 17 heteroatoms. The summed E-state index contributed by atoms with van der Waals surface area (Å²) in [6.45, 7) is 0.670. The van der Waals surface area contributed by atoms with Gasteiger partial charge in [-0.15, -0.1) is 0 Å². The zero-order chi connectivity index (χ0) is 44.5. The Kier molecular flexibility index (Phi) is 20.5. The van der Waals surface area contributed by atoms with Crippen LogP contribution < -0.4 is 27.0 Å². The number of esters is 3. The Bertz CT molecular complexity index is 2040. The van der Waals surface area contributed by atoms with Gasteiger partial charge in [0.25, 0.3) is 0 Å². The van der Waals surface area contributed by atoms with E-state index < -0.39 is 72.4 Å². The standard InChI is InChI=1S/C45H51N5O11S/c1-31(46)41(53)49-36(43(55)59-26-33-16-8-3-9-17-33)22-23-39(51)48-37(42(54)47-24-40(52)58-25-32-14-6-2-7-15-32)29-62-30-38(44(56)60-27-34-18-10-4-11-19-34)50-45(57)61-28-35-20-12-5-13-21-35/h2-21,31,36-38H,22-30,46H2,1H3,(H,47,54)(H,48,51)(H,49,53)(H,50,57)/t31-,36+,37+,38-/m0/s1. The first-order chi connectivity index (χ1) is 30.0. The first-order valence-corrected chi connectivity index (χ1v) is 20.9. The highest BCUT2D eigenvalue weighted by Gasteiger charge is 2.29. The van der Waals surface area contributed by atoms with Crippen LogP contribution in [-0.4, -0.2) is 83.9 Å². The third-order valence-corrected chi connectivity index (χ3v) is 9.92. The Morgan fingerprint density at radius 3 is 1.45 bits per heavy atom. The highest BCUT2D eigenvalue weighted by molar-refractivity contribution is 7.99. The maximum absolute atomic E-state index is 13.5. The second kappa shape index (κ2) is 26.5. The number of carbonyl (C=O) groups excluding carboxylic acids is 7. The predicted octanol–water partition coefficient (Wildman–Crippen LogP) is 3.46. The molecular formula is C45H51N5O11S. The van der Waals surface area contributed by atoms with Gasteiger partial charge in [-0.3, -0.25) is 19.2 Å². The molecule has 4 aromatic rings. The lowest BCUT2D eigenvalue weighted by atomic mass is 10.1. The molecule has 0 spiro atoms. The number of rotatable bonds is 24. The maximum atomic E-state index is 13.5. The van der Waals surface area contributed by atoms with Crippen LogP contribution in [0, 0.1) is 0 Å². The molecule has 0 aliphatic rings. The summed E-state index contributed by atoms with van der Waals surface area (Å²) in [4.78, 5) is 91.3. The highest BCUT2D eigenvalue weighted by Crippen LogP contribution is 2.12. The van der Waals surface area contributed by atoms with Crippen molar-refractivity contribution in [2.45, 2.75) is 70.4 Å². The van der Waals surface area contributed by atoms with E-state index in [-0.39, 0.29) is 50.8 Å². The number of benzene rings is 4. The van der Waals surface area contributed by atoms with Gasteiger partial charge in [-0.05, 0) is 35.6 Å². The van der Waals surface area contributed by atoms with Crippen LogP contribution in [0.2, 0.25) is 0 Å². The molecule has 62 heavy (non-hydrogen) atoms. The Morgan fingerprint density at radius 1 is 0.532 bits per heavy atom. The summed E-state index contributed by atoms with van der Waals surface area (Å²) >= 11 is 1.03. The Morgan fingerprint density at radius 2 is 0.968 bits per heavy atom. The van der Waals surface area contributed by atoms with Crippen molar-refractivity contribution in [2.75, 3.05) is 18.1 Å². The van der Waals surface area contributed by atoms with Crippen LogP contribution in [0.5, 0.6) is 0 Å². The van der Waals surface area contributed by atoms with E-state index in [0.717, 1.165) is 22.9 Å². The van der Waals surface area contributed by atoms with E-state index in [1.54, 1.807) is 103 Å². The van der Waals surface area contributed by atoms with E-state index in [1.165, 1.54) is 6.92 Å². The van der Waals surface area contributed by atoms with Crippen molar-refractivity contribution in [3.8, 4) is 0 Å². The van der Waals surface area contributed by atoms with E-state index in [9.17, 15) is 33.6 Å². The van der Waals surface area contributed by atoms with Crippen LogP contribution in [0.1, 0.15) is 42.0 Å². The van der Waals surface area contributed by atoms with Crippen molar-refractivity contribution in [3.05, 3.63) is 144 Å². The maximum Gasteiger partial charge on any atom is 0.408 e. The summed E-state index contributed by atoms with van der Waals surface area (Å²) in [5.41, 5.74) is 8.60. The summed E-state index contributed by atoms with van der Waals surface area (Å²) in [5, 5.41) is 10.1. The molecule has 16 nitrogen and oxygen atoms in total. The number of thioether (sulfide) groups is 1. The molecule has 328 valence electrons. The van der Waals surface area contributed by atoms with E-state index in [2.05, 4.69) is 21.3 Å². The number of carbonyl (C=O) groups is 7. The van der Waals surface area contributed by atoms with Crippen molar-refractivity contribution < 1.29 is 52.5 Å². The Balaban J connectivity index is 1.42. The van der Waals surface area contributed by atoms with Gasteiger partial charge in [0, 0.05) is 17.9 Å². The van der Waals surface area contributed by atoms with Crippen LogP contribution in [0.25, 0.3) is 0 Å². The Labute approximate surface area is 364 Å². The van der Waals surface area contributed by atoms with Gasteiger partial charge in [0.1, 0.15) is 51.1 Å². The SMILES string of the molecule is C[C@H](N)C(=O)N[C@H](CCC(=O)N[C@H](CSC[C@H](NC(=O)OCc1ccccc1)C(=O)OCc1ccccc1)C(=O)NCC(=O)OCc1ccccc1)C(=O)OCc1ccccc1. The van der Waals surface area contributed by atoms with Crippen molar-refractivity contribution >= 4 is 53.5 Å². The molecule has 0 saturated heterocycles. The zero-order valence-corrected chi connectivity index (χ0v) is 35.0. The molecule has 4 aromatic carbocycles. The van der Waals surface area contributed by atoms with Crippen molar-refractivity contribution in [3.63, 3.8) is 0 Å². The fourth-order valence-electron chi connectivity index (χ4n) is 5.39. The van der Waals surface area contributed by atoms with E-state index in [1.807, 2.05) is 18.2 Å². The van der Waals surface area contributed by atoms with Gasteiger partial charge in [0.2, 0.25) is 17.7 Å². The second-order valence-electron chi connectivity index (χ2n) is 13.9. The molecule has 0 saturated carbocycles. The minimum atomic E-state index is -1.29. The normalized spacial score (nSPS) is 12.5. The van der Waals surface area contributed by atoms with E-state index in [0.29, 0.717) is 11.1 Å². The van der Waals surface area contributed by atoms with Crippen LogP contribution in [0.3, 0.4) is 0 Å². The van der Waals surface area contributed by atoms with Gasteiger partial charge in [0.15, 0.2) is 0 Å². The number of amides is 4.